The Morgan fingerprint density at radius 3 is 2.68 bits per heavy atom. The second kappa shape index (κ2) is 8.34. The normalized spacial score (nSPS) is 25.0. The van der Waals surface area contributed by atoms with Gasteiger partial charge in [0, 0.05) is 6.54 Å². The lowest BCUT2D eigenvalue weighted by Crippen LogP contribution is -2.47. The zero-order valence-corrected chi connectivity index (χ0v) is 15.0. The standard InChI is InChI=1S/C19H27N3O3/c1-3-20-19(22-16-11-15-9-10-17(16)25-15)21-12-13-5-7-14(8-6-13)18(23)24-4-2/h5-8,15-17H,3-4,9-12H2,1-2H3,(H2,20,21,22). The largest absolute Gasteiger partial charge is 0.462 e. The molecule has 1 aromatic rings. The minimum atomic E-state index is -0.288. The van der Waals surface area contributed by atoms with E-state index in [0.717, 1.165) is 30.9 Å². The van der Waals surface area contributed by atoms with Crippen molar-refractivity contribution < 1.29 is 14.3 Å². The number of guanidine groups is 1. The number of aliphatic imine (C=N–C) groups is 1. The molecule has 3 atom stereocenters. The quantitative estimate of drug-likeness (QED) is 0.470. The molecule has 2 N–H and O–H groups in total. The van der Waals surface area contributed by atoms with Gasteiger partial charge in [-0.2, -0.15) is 0 Å². The molecule has 2 saturated heterocycles. The highest BCUT2D eigenvalue weighted by Crippen LogP contribution is 2.34. The first kappa shape index (κ1) is 17.7. The minimum absolute atomic E-state index is 0.288. The summed E-state index contributed by atoms with van der Waals surface area (Å²) >= 11 is 0. The van der Waals surface area contributed by atoms with Crippen LogP contribution >= 0.6 is 0 Å². The van der Waals surface area contributed by atoms with Crippen LogP contribution in [0.2, 0.25) is 0 Å². The Morgan fingerprint density at radius 2 is 2.08 bits per heavy atom. The molecule has 3 rings (SSSR count). The number of ether oxygens (including phenoxy) is 2. The number of hydrogen-bond acceptors (Lipinski definition) is 4. The number of nitrogens with zero attached hydrogens (tertiary/aromatic N) is 1. The van der Waals surface area contributed by atoms with Crippen LogP contribution < -0.4 is 10.6 Å². The Labute approximate surface area is 149 Å². The van der Waals surface area contributed by atoms with E-state index in [9.17, 15) is 4.79 Å². The van der Waals surface area contributed by atoms with E-state index in [0.29, 0.717) is 37.0 Å². The van der Waals surface area contributed by atoms with Crippen LogP contribution in [0.5, 0.6) is 0 Å². The average molecular weight is 345 g/mol. The molecular formula is C19H27N3O3. The molecule has 6 heteroatoms. The van der Waals surface area contributed by atoms with Gasteiger partial charge in [-0.3, -0.25) is 0 Å². The second-order valence-corrected chi connectivity index (χ2v) is 6.47. The van der Waals surface area contributed by atoms with Crippen LogP contribution in [-0.4, -0.2) is 43.3 Å². The molecule has 0 aromatic heterocycles. The van der Waals surface area contributed by atoms with Crippen molar-refractivity contribution >= 4 is 11.9 Å². The van der Waals surface area contributed by atoms with Gasteiger partial charge in [0.1, 0.15) is 0 Å². The molecule has 2 fully saturated rings. The average Bonchev–Trinajstić information content (AvgIpc) is 3.23. The van der Waals surface area contributed by atoms with Gasteiger partial charge in [-0.05, 0) is 50.8 Å². The van der Waals surface area contributed by atoms with Crippen molar-refractivity contribution in [1.29, 1.82) is 0 Å². The molecule has 2 aliphatic heterocycles. The minimum Gasteiger partial charge on any atom is -0.462 e. The molecule has 0 radical (unpaired) electrons. The fourth-order valence-electron chi connectivity index (χ4n) is 3.42. The number of benzene rings is 1. The van der Waals surface area contributed by atoms with Gasteiger partial charge in [-0.25, -0.2) is 9.79 Å². The van der Waals surface area contributed by atoms with Crippen molar-refractivity contribution in [1.82, 2.24) is 10.6 Å². The summed E-state index contributed by atoms with van der Waals surface area (Å²) in [5.74, 6) is 0.530. The molecule has 0 spiro atoms. The maximum Gasteiger partial charge on any atom is 0.338 e. The van der Waals surface area contributed by atoms with Gasteiger partial charge < -0.3 is 20.1 Å². The predicted octanol–water partition coefficient (Wildman–Crippen LogP) is 2.24. The van der Waals surface area contributed by atoms with Gasteiger partial charge in [0.05, 0.1) is 37.0 Å². The smallest absolute Gasteiger partial charge is 0.338 e. The summed E-state index contributed by atoms with van der Waals surface area (Å²) in [6, 6.07) is 7.75. The third kappa shape index (κ3) is 4.51. The summed E-state index contributed by atoms with van der Waals surface area (Å²) in [7, 11) is 0. The van der Waals surface area contributed by atoms with Gasteiger partial charge in [0.25, 0.3) is 0 Å². The number of nitrogens with one attached hydrogen (secondary N) is 2. The summed E-state index contributed by atoms with van der Waals surface area (Å²) in [4.78, 5) is 16.3. The van der Waals surface area contributed by atoms with Crippen molar-refractivity contribution in [3.8, 4) is 0 Å². The summed E-state index contributed by atoms with van der Waals surface area (Å²) in [6.07, 6.45) is 4.11. The lowest BCUT2D eigenvalue weighted by atomic mass is 9.96. The number of rotatable bonds is 6. The monoisotopic (exact) mass is 345 g/mol. The van der Waals surface area contributed by atoms with Gasteiger partial charge in [0.2, 0.25) is 0 Å². The summed E-state index contributed by atoms with van der Waals surface area (Å²) < 4.78 is 10.9. The zero-order valence-electron chi connectivity index (χ0n) is 15.0. The van der Waals surface area contributed by atoms with Crippen LogP contribution in [0.1, 0.15) is 49.0 Å². The van der Waals surface area contributed by atoms with E-state index in [4.69, 9.17) is 9.47 Å². The van der Waals surface area contributed by atoms with Gasteiger partial charge >= 0.3 is 5.97 Å². The highest BCUT2D eigenvalue weighted by atomic mass is 16.5. The van der Waals surface area contributed by atoms with E-state index in [-0.39, 0.29) is 5.97 Å². The third-order valence-corrected chi connectivity index (χ3v) is 4.66. The fraction of sp³-hybridized carbons (Fsp3) is 0.579. The van der Waals surface area contributed by atoms with Crippen LogP contribution in [0.15, 0.2) is 29.3 Å². The Hall–Kier alpha value is -2.08. The Kier molecular flexibility index (Phi) is 5.91. The van der Waals surface area contributed by atoms with Crippen LogP contribution in [0.25, 0.3) is 0 Å². The topological polar surface area (TPSA) is 72.0 Å². The number of hydrogen-bond donors (Lipinski definition) is 2. The maximum absolute atomic E-state index is 11.7. The number of esters is 1. The first-order valence-electron chi connectivity index (χ1n) is 9.16. The molecule has 0 saturated carbocycles. The van der Waals surface area contributed by atoms with Gasteiger partial charge in [-0.1, -0.05) is 12.1 Å². The molecule has 0 aliphatic carbocycles. The Balaban J connectivity index is 1.58. The molecular weight excluding hydrogens is 318 g/mol. The Bertz CT molecular complexity index is 615. The maximum atomic E-state index is 11.7. The van der Waals surface area contributed by atoms with Gasteiger partial charge in [0.15, 0.2) is 5.96 Å². The van der Waals surface area contributed by atoms with E-state index in [1.807, 2.05) is 12.1 Å². The highest BCUT2D eigenvalue weighted by molar-refractivity contribution is 5.89. The zero-order chi connectivity index (χ0) is 17.6. The molecule has 25 heavy (non-hydrogen) atoms. The number of carbonyl (C=O) groups excluding carboxylic acids is 1. The summed E-state index contributed by atoms with van der Waals surface area (Å²) in [5.41, 5.74) is 1.62. The first-order valence-corrected chi connectivity index (χ1v) is 9.16. The summed E-state index contributed by atoms with van der Waals surface area (Å²) in [5, 5.41) is 6.80. The van der Waals surface area contributed by atoms with Crippen molar-refractivity contribution in [3.63, 3.8) is 0 Å². The van der Waals surface area contributed by atoms with Crippen molar-refractivity contribution in [3.05, 3.63) is 35.4 Å². The highest BCUT2D eigenvalue weighted by Gasteiger charge is 2.41. The van der Waals surface area contributed by atoms with Crippen LogP contribution in [0, 0.1) is 0 Å². The van der Waals surface area contributed by atoms with Crippen LogP contribution in [-0.2, 0) is 16.0 Å². The van der Waals surface area contributed by atoms with Crippen molar-refractivity contribution in [2.24, 2.45) is 4.99 Å². The number of fused-ring (bicyclic) bond motifs is 2. The first-order chi connectivity index (χ1) is 12.2. The second-order valence-electron chi connectivity index (χ2n) is 6.47. The molecule has 3 unspecified atom stereocenters. The lowest BCUT2D eigenvalue weighted by molar-refractivity contribution is 0.0526. The SMILES string of the molecule is CCNC(=NCc1ccc(C(=O)OCC)cc1)NC1CC2CCC1O2. The Morgan fingerprint density at radius 1 is 1.28 bits per heavy atom. The van der Waals surface area contributed by atoms with E-state index in [2.05, 4.69) is 22.5 Å². The fourth-order valence-corrected chi connectivity index (χ4v) is 3.42. The van der Waals surface area contributed by atoms with E-state index >= 15 is 0 Å². The van der Waals surface area contributed by atoms with Gasteiger partial charge in [-0.15, -0.1) is 0 Å². The molecule has 136 valence electrons. The molecule has 6 nitrogen and oxygen atoms in total. The molecule has 1 aromatic carbocycles. The number of carbonyl (C=O) groups is 1. The predicted molar refractivity (Wildman–Crippen MR) is 96.6 cm³/mol. The molecule has 2 bridgehead atoms. The van der Waals surface area contributed by atoms with Crippen LogP contribution in [0.4, 0.5) is 0 Å². The van der Waals surface area contributed by atoms with Crippen LogP contribution in [0.3, 0.4) is 0 Å². The molecule has 0 amide bonds. The van der Waals surface area contributed by atoms with E-state index in [1.165, 1.54) is 6.42 Å². The van der Waals surface area contributed by atoms with Crippen molar-refractivity contribution in [2.75, 3.05) is 13.2 Å². The van der Waals surface area contributed by atoms with E-state index in [1.54, 1.807) is 19.1 Å². The molecule has 2 heterocycles. The molecule has 2 aliphatic rings. The summed E-state index contributed by atoms with van der Waals surface area (Å²) in [6.45, 7) is 5.62. The lowest BCUT2D eigenvalue weighted by Gasteiger charge is -2.22. The van der Waals surface area contributed by atoms with Crippen molar-refractivity contribution in [2.45, 2.75) is 57.9 Å². The third-order valence-electron chi connectivity index (χ3n) is 4.66. The van der Waals surface area contributed by atoms with E-state index < -0.39 is 0 Å².